The lowest BCUT2D eigenvalue weighted by molar-refractivity contribution is 0.498. The first-order chi connectivity index (χ1) is 9.65. The van der Waals surface area contributed by atoms with Crippen molar-refractivity contribution in [1.82, 2.24) is 20.2 Å². The summed E-state index contributed by atoms with van der Waals surface area (Å²) in [6.45, 7) is 2.99. The molecule has 1 atom stereocenters. The number of hydrogen-bond donors (Lipinski definition) is 2. The highest BCUT2D eigenvalue weighted by atomic mass is 79.9. The molecule has 0 aliphatic heterocycles. The molecule has 0 aliphatic rings. The molecule has 0 amide bonds. The van der Waals surface area contributed by atoms with E-state index in [1.165, 1.54) is 0 Å². The minimum atomic E-state index is -0.0262. The van der Waals surface area contributed by atoms with Crippen molar-refractivity contribution < 1.29 is 0 Å². The van der Waals surface area contributed by atoms with Gasteiger partial charge in [0, 0.05) is 21.9 Å². The molecule has 1 unspecified atom stereocenters. The highest BCUT2D eigenvalue weighted by Crippen LogP contribution is 2.28. The lowest BCUT2D eigenvalue weighted by Gasteiger charge is -2.18. The van der Waals surface area contributed by atoms with Crippen molar-refractivity contribution >= 4 is 31.9 Å². The van der Waals surface area contributed by atoms with E-state index in [1.807, 2.05) is 16.8 Å². The molecule has 2 rings (SSSR count). The summed E-state index contributed by atoms with van der Waals surface area (Å²) in [4.78, 5) is 4.33. The summed E-state index contributed by atoms with van der Waals surface area (Å²) in [6.07, 6.45) is 3.30. The van der Waals surface area contributed by atoms with E-state index in [0.29, 0.717) is 6.42 Å². The molecular formula is C13H17Br2N5. The zero-order valence-corrected chi connectivity index (χ0v) is 14.4. The van der Waals surface area contributed by atoms with E-state index in [0.717, 1.165) is 33.3 Å². The highest BCUT2D eigenvalue weighted by molar-refractivity contribution is 9.11. The van der Waals surface area contributed by atoms with Crippen LogP contribution < -0.4 is 11.3 Å². The normalized spacial score (nSPS) is 12.6. The second kappa shape index (κ2) is 7.31. The van der Waals surface area contributed by atoms with E-state index in [9.17, 15) is 0 Å². The van der Waals surface area contributed by atoms with Crippen molar-refractivity contribution in [3.05, 3.63) is 44.9 Å². The minimum Gasteiger partial charge on any atom is -0.271 e. The lowest BCUT2D eigenvalue weighted by Crippen LogP contribution is -2.30. The summed E-state index contributed by atoms with van der Waals surface area (Å²) < 4.78 is 3.96. The van der Waals surface area contributed by atoms with Crippen LogP contribution in [-0.4, -0.2) is 14.8 Å². The molecule has 1 aromatic heterocycles. The molecule has 0 bridgehead atoms. The zero-order chi connectivity index (χ0) is 14.5. The second-order valence-electron chi connectivity index (χ2n) is 4.49. The second-order valence-corrected chi connectivity index (χ2v) is 6.26. The lowest BCUT2D eigenvalue weighted by atomic mass is 10.0. The van der Waals surface area contributed by atoms with Crippen molar-refractivity contribution in [2.75, 3.05) is 0 Å². The first kappa shape index (κ1) is 15.6. The van der Waals surface area contributed by atoms with Crippen LogP contribution in [0.25, 0.3) is 0 Å². The van der Waals surface area contributed by atoms with Gasteiger partial charge in [-0.3, -0.25) is 16.0 Å². The van der Waals surface area contributed by atoms with Crippen LogP contribution in [0.4, 0.5) is 0 Å². The molecule has 1 heterocycles. The minimum absolute atomic E-state index is 0.0262. The van der Waals surface area contributed by atoms with Crippen LogP contribution in [0.3, 0.4) is 0 Å². The third-order valence-corrected chi connectivity index (χ3v) is 4.27. The molecule has 2 aromatic rings. The number of nitrogens with one attached hydrogen (secondary N) is 1. The van der Waals surface area contributed by atoms with Gasteiger partial charge in [-0.25, -0.2) is 4.98 Å². The molecule has 0 radical (unpaired) electrons. The Balaban J connectivity index is 2.24. The van der Waals surface area contributed by atoms with Gasteiger partial charge >= 0.3 is 0 Å². The first-order valence-corrected chi connectivity index (χ1v) is 8.02. The third kappa shape index (κ3) is 3.66. The smallest absolute Gasteiger partial charge is 0.138 e. The van der Waals surface area contributed by atoms with Gasteiger partial charge < -0.3 is 0 Å². The van der Waals surface area contributed by atoms with E-state index in [4.69, 9.17) is 5.84 Å². The van der Waals surface area contributed by atoms with Crippen molar-refractivity contribution in [2.45, 2.75) is 32.4 Å². The van der Waals surface area contributed by atoms with E-state index in [2.05, 4.69) is 60.4 Å². The summed E-state index contributed by atoms with van der Waals surface area (Å²) in [5.41, 5.74) is 3.95. The van der Waals surface area contributed by atoms with E-state index in [1.54, 1.807) is 6.33 Å². The summed E-state index contributed by atoms with van der Waals surface area (Å²) in [5, 5.41) is 4.24. The van der Waals surface area contributed by atoms with Gasteiger partial charge in [0.2, 0.25) is 0 Å². The number of aromatic nitrogens is 3. The van der Waals surface area contributed by atoms with Crippen molar-refractivity contribution in [3.8, 4) is 0 Å². The van der Waals surface area contributed by atoms with Gasteiger partial charge in [0.25, 0.3) is 0 Å². The fourth-order valence-electron chi connectivity index (χ4n) is 2.07. The van der Waals surface area contributed by atoms with Crippen LogP contribution in [0.15, 0.2) is 33.5 Å². The van der Waals surface area contributed by atoms with Crippen molar-refractivity contribution in [3.63, 3.8) is 0 Å². The molecule has 7 heteroatoms. The molecule has 1 aromatic carbocycles. The van der Waals surface area contributed by atoms with Gasteiger partial charge in [-0.1, -0.05) is 38.8 Å². The zero-order valence-electron chi connectivity index (χ0n) is 11.2. The average molecular weight is 403 g/mol. The van der Waals surface area contributed by atoms with Gasteiger partial charge in [0.15, 0.2) is 0 Å². The fourth-order valence-corrected chi connectivity index (χ4v) is 2.97. The Kier molecular flexibility index (Phi) is 5.71. The molecular weight excluding hydrogens is 386 g/mol. The van der Waals surface area contributed by atoms with Crippen LogP contribution in [0.1, 0.15) is 30.8 Å². The molecule has 0 spiro atoms. The predicted molar refractivity (Wildman–Crippen MR) is 85.9 cm³/mol. The van der Waals surface area contributed by atoms with Crippen LogP contribution >= 0.6 is 31.9 Å². The maximum atomic E-state index is 5.72. The largest absolute Gasteiger partial charge is 0.271 e. The molecule has 0 saturated heterocycles. The molecule has 3 N–H and O–H groups in total. The Morgan fingerprint density at radius 3 is 2.90 bits per heavy atom. The Morgan fingerprint density at radius 2 is 2.20 bits per heavy atom. The van der Waals surface area contributed by atoms with Crippen molar-refractivity contribution in [2.24, 2.45) is 5.84 Å². The van der Waals surface area contributed by atoms with Crippen LogP contribution in [-0.2, 0) is 13.0 Å². The quantitative estimate of drug-likeness (QED) is 0.575. The Bertz CT molecular complexity index is 570. The SMILES string of the molecule is CCCn1ncnc1CC(NN)c1cc(Br)ccc1Br. The summed E-state index contributed by atoms with van der Waals surface area (Å²) in [7, 11) is 0. The average Bonchev–Trinajstić information content (AvgIpc) is 2.87. The Labute approximate surface area is 135 Å². The van der Waals surface area contributed by atoms with E-state index in [-0.39, 0.29) is 6.04 Å². The summed E-state index contributed by atoms with van der Waals surface area (Å²) in [6, 6.07) is 6.01. The van der Waals surface area contributed by atoms with Crippen LogP contribution in [0, 0.1) is 0 Å². The standard InChI is InChI=1S/C13H17Br2N5/c1-2-5-20-13(17-8-18-20)7-12(19-16)10-6-9(14)3-4-11(10)15/h3-4,6,8,12,19H,2,5,7,16H2,1H3. The molecule has 0 saturated carbocycles. The highest BCUT2D eigenvalue weighted by Gasteiger charge is 2.17. The number of benzene rings is 1. The molecule has 0 aliphatic carbocycles. The number of hydrazine groups is 1. The van der Waals surface area contributed by atoms with Crippen molar-refractivity contribution in [1.29, 1.82) is 0 Å². The Hall–Kier alpha value is -0.760. The predicted octanol–water partition coefficient (Wildman–Crippen LogP) is 2.96. The van der Waals surface area contributed by atoms with E-state index >= 15 is 0 Å². The molecule has 0 fully saturated rings. The number of halogens is 2. The summed E-state index contributed by atoms with van der Waals surface area (Å²) in [5.74, 6) is 6.65. The molecule has 108 valence electrons. The molecule has 5 nitrogen and oxygen atoms in total. The van der Waals surface area contributed by atoms with E-state index < -0.39 is 0 Å². The first-order valence-electron chi connectivity index (χ1n) is 6.43. The summed E-state index contributed by atoms with van der Waals surface area (Å²) >= 11 is 7.05. The fraction of sp³-hybridized carbons (Fsp3) is 0.385. The van der Waals surface area contributed by atoms with Gasteiger partial charge in [-0.05, 0) is 30.2 Å². The number of rotatable bonds is 6. The third-order valence-electron chi connectivity index (χ3n) is 3.05. The van der Waals surface area contributed by atoms with Gasteiger partial charge in [-0.15, -0.1) is 0 Å². The maximum absolute atomic E-state index is 5.72. The number of aryl methyl sites for hydroxylation is 1. The maximum Gasteiger partial charge on any atom is 0.138 e. The Morgan fingerprint density at radius 1 is 1.40 bits per heavy atom. The van der Waals surface area contributed by atoms with Gasteiger partial charge in [0.1, 0.15) is 12.2 Å². The topological polar surface area (TPSA) is 68.8 Å². The van der Waals surface area contributed by atoms with Crippen LogP contribution in [0.5, 0.6) is 0 Å². The number of hydrogen-bond acceptors (Lipinski definition) is 4. The van der Waals surface area contributed by atoms with Gasteiger partial charge in [0.05, 0.1) is 6.04 Å². The number of nitrogens with zero attached hydrogens (tertiary/aromatic N) is 3. The molecule has 20 heavy (non-hydrogen) atoms. The number of nitrogens with two attached hydrogens (primary N) is 1. The van der Waals surface area contributed by atoms with Crippen LogP contribution in [0.2, 0.25) is 0 Å². The van der Waals surface area contributed by atoms with Gasteiger partial charge in [-0.2, -0.15) is 5.10 Å². The monoisotopic (exact) mass is 401 g/mol.